The summed E-state index contributed by atoms with van der Waals surface area (Å²) >= 11 is 0. The second kappa shape index (κ2) is 7.16. The number of amides is 1. The molecule has 2 heterocycles. The summed E-state index contributed by atoms with van der Waals surface area (Å²) in [5, 5.41) is 3.11. The summed E-state index contributed by atoms with van der Waals surface area (Å²) in [5.74, 6) is -0.211. The predicted octanol–water partition coefficient (Wildman–Crippen LogP) is 0.559. The average molecular weight is 267 g/mol. The topological polar surface area (TPSA) is 54.5 Å². The van der Waals surface area contributed by atoms with E-state index in [-0.39, 0.29) is 11.7 Å². The van der Waals surface area contributed by atoms with E-state index in [4.69, 9.17) is 4.74 Å². The van der Waals surface area contributed by atoms with Crippen LogP contribution in [-0.4, -0.2) is 48.6 Å². The molecule has 1 aromatic rings. The summed E-state index contributed by atoms with van der Waals surface area (Å²) in [4.78, 5) is 17.4. The minimum absolute atomic E-state index is 0.133. The lowest BCUT2D eigenvalue weighted by atomic mass is 10.2. The van der Waals surface area contributed by atoms with E-state index in [9.17, 15) is 9.18 Å². The van der Waals surface area contributed by atoms with Crippen molar-refractivity contribution >= 4 is 5.91 Å². The number of pyridine rings is 1. The summed E-state index contributed by atoms with van der Waals surface area (Å²) in [6.07, 6.45) is 3.23. The van der Waals surface area contributed by atoms with Gasteiger partial charge in [-0.15, -0.1) is 0 Å². The lowest BCUT2D eigenvalue weighted by molar-refractivity contribution is -0.135. The highest BCUT2D eigenvalue weighted by atomic mass is 19.1. The van der Waals surface area contributed by atoms with Crippen LogP contribution in [0.1, 0.15) is 12.0 Å². The molecule has 1 N–H and O–H groups in total. The highest BCUT2D eigenvalue weighted by Gasteiger charge is 2.15. The van der Waals surface area contributed by atoms with Crippen molar-refractivity contribution in [2.24, 2.45) is 0 Å². The van der Waals surface area contributed by atoms with E-state index in [1.54, 1.807) is 6.20 Å². The van der Waals surface area contributed by atoms with Crippen LogP contribution < -0.4 is 5.32 Å². The minimum Gasteiger partial charge on any atom is -0.378 e. The largest absolute Gasteiger partial charge is 0.378 e. The summed E-state index contributed by atoms with van der Waals surface area (Å²) in [5.41, 5.74) is 0.777. The van der Waals surface area contributed by atoms with Crippen molar-refractivity contribution in [3.63, 3.8) is 0 Å². The van der Waals surface area contributed by atoms with Crippen molar-refractivity contribution in [1.82, 2.24) is 15.2 Å². The van der Waals surface area contributed by atoms with Crippen molar-refractivity contribution in [1.29, 1.82) is 0 Å². The third-order valence-electron chi connectivity index (χ3n) is 2.97. The Hall–Kier alpha value is -1.53. The Morgan fingerprint density at radius 3 is 2.95 bits per heavy atom. The molecule has 0 unspecified atom stereocenters. The quantitative estimate of drug-likeness (QED) is 0.792. The second-order valence-electron chi connectivity index (χ2n) is 4.43. The Kier molecular flexibility index (Phi) is 5.23. The van der Waals surface area contributed by atoms with E-state index in [1.807, 2.05) is 4.90 Å². The number of rotatable bonds is 5. The van der Waals surface area contributed by atoms with E-state index in [2.05, 4.69) is 10.3 Å². The third-order valence-corrected chi connectivity index (χ3v) is 2.97. The van der Waals surface area contributed by atoms with Gasteiger partial charge in [-0.3, -0.25) is 9.78 Å². The zero-order chi connectivity index (χ0) is 13.5. The molecule has 1 aromatic heterocycles. The number of halogens is 1. The van der Waals surface area contributed by atoms with Crippen molar-refractivity contribution in [2.75, 3.05) is 32.8 Å². The molecule has 1 saturated heterocycles. The smallest absolute Gasteiger partial charge is 0.224 e. The Bertz CT molecular complexity index is 422. The van der Waals surface area contributed by atoms with Crippen LogP contribution in [0.5, 0.6) is 0 Å². The molecule has 1 aliphatic heterocycles. The lowest BCUT2D eigenvalue weighted by Crippen LogP contribution is -2.41. The number of carbonyl (C=O) groups excluding carboxylic acids is 1. The first-order valence-corrected chi connectivity index (χ1v) is 6.41. The van der Waals surface area contributed by atoms with E-state index in [0.29, 0.717) is 45.8 Å². The van der Waals surface area contributed by atoms with Gasteiger partial charge in [0.15, 0.2) is 0 Å². The van der Waals surface area contributed by atoms with Crippen molar-refractivity contribution < 1.29 is 13.9 Å². The summed E-state index contributed by atoms with van der Waals surface area (Å²) in [6.45, 7) is 3.68. The van der Waals surface area contributed by atoms with Gasteiger partial charge in [-0.1, -0.05) is 0 Å². The molecule has 0 saturated carbocycles. The van der Waals surface area contributed by atoms with Gasteiger partial charge >= 0.3 is 0 Å². The number of morpholine rings is 1. The molecule has 19 heavy (non-hydrogen) atoms. The standard InChI is InChI=1S/C13H18FN3O2/c14-12-7-11(9-16-10-12)8-15-2-1-13(18)17-3-5-19-6-4-17/h7,9-10,15H,1-6,8H2. The maximum atomic E-state index is 12.9. The Balaban J connectivity index is 1.65. The maximum absolute atomic E-state index is 12.9. The molecule has 1 amide bonds. The minimum atomic E-state index is -0.344. The van der Waals surface area contributed by atoms with Crippen LogP contribution in [0.15, 0.2) is 18.5 Å². The molecule has 0 atom stereocenters. The summed E-state index contributed by atoms with van der Waals surface area (Å²) < 4.78 is 18.1. The van der Waals surface area contributed by atoms with E-state index >= 15 is 0 Å². The van der Waals surface area contributed by atoms with Crippen LogP contribution in [0.25, 0.3) is 0 Å². The fourth-order valence-corrected chi connectivity index (χ4v) is 1.95. The van der Waals surface area contributed by atoms with Gasteiger partial charge in [0.2, 0.25) is 5.91 Å². The maximum Gasteiger partial charge on any atom is 0.224 e. The van der Waals surface area contributed by atoms with Crippen LogP contribution in [0.3, 0.4) is 0 Å². The number of nitrogens with one attached hydrogen (secondary N) is 1. The normalized spacial score (nSPS) is 15.5. The molecule has 0 bridgehead atoms. The van der Waals surface area contributed by atoms with Gasteiger partial charge in [-0.2, -0.15) is 0 Å². The number of hydrogen-bond donors (Lipinski definition) is 1. The number of nitrogens with zero attached hydrogens (tertiary/aromatic N) is 2. The zero-order valence-electron chi connectivity index (χ0n) is 10.8. The number of carbonyl (C=O) groups is 1. The summed E-state index contributed by atoms with van der Waals surface area (Å²) in [6, 6.07) is 1.43. The number of aromatic nitrogens is 1. The van der Waals surface area contributed by atoms with Crippen molar-refractivity contribution in [2.45, 2.75) is 13.0 Å². The van der Waals surface area contributed by atoms with Crippen molar-refractivity contribution in [3.8, 4) is 0 Å². The first kappa shape index (κ1) is 13.9. The second-order valence-corrected chi connectivity index (χ2v) is 4.43. The van der Waals surface area contributed by atoms with Crippen LogP contribution in [0, 0.1) is 5.82 Å². The van der Waals surface area contributed by atoms with Gasteiger partial charge in [0.05, 0.1) is 19.4 Å². The molecule has 0 spiro atoms. The van der Waals surface area contributed by atoms with E-state index < -0.39 is 0 Å². The molecule has 104 valence electrons. The van der Waals surface area contributed by atoms with Crippen LogP contribution in [0.4, 0.5) is 4.39 Å². The molecule has 2 rings (SSSR count). The van der Waals surface area contributed by atoms with Crippen LogP contribution >= 0.6 is 0 Å². The van der Waals surface area contributed by atoms with Gasteiger partial charge in [-0.25, -0.2) is 4.39 Å². The first-order chi connectivity index (χ1) is 9.25. The Morgan fingerprint density at radius 2 is 2.21 bits per heavy atom. The Morgan fingerprint density at radius 1 is 1.42 bits per heavy atom. The highest BCUT2D eigenvalue weighted by Crippen LogP contribution is 2.01. The van der Waals surface area contributed by atoms with Crippen LogP contribution in [0.2, 0.25) is 0 Å². The van der Waals surface area contributed by atoms with E-state index in [1.165, 1.54) is 12.3 Å². The zero-order valence-corrected chi connectivity index (χ0v) is 10.8. The molecular weight excluding hydrogens is 249 g/mol. The van der Waals surface area contributed by atoms with Gasteiger partial charge in [0, 0.05) is 38.8 Å². The number of ether oxygens (including phenoxy) is 1. The predicted molar refractivity (Wildman–Crippen MR) is 67.9 cm³/mol. The molecule has 1 fully saturated rings. The van der Waals surface area contributed by atoms with Gasteiger partial charge < -0.3 is 15.0 Å². The molecule has 0 radical (unpaired) electrons. The molecule has 6 heteroatoms. The fraction of sp³-hybridized carbons (Fsp3) is 0.538. The van der Waals surface area contributed by atoms with E-state index in [0.717, 1.165) is 5.56 Å². The van der Waals surface area contributed by atoms with Gasteiger partial charge in [0.1, 0.15) is 5.82 Å². The Labute approximate surface area is 111 Å². The number of hydrogen-bond acceptors (Lipinski definition) is 4. The van der Waals surface area contributed by atoms with Gasteiger partial charge in [-0.05, 0) is 11.6 Å². The van der Waals surface area contributed by atoms with Gasteiger partial charge in [0.25, 0.3) is 0 Å². The molecular formula is C13H18FN3O2. The average Bonchev–Trinajstić information content (AvgIpc) is 2.44. The molecule has 1 aliphatic rings. The third kappa shape index (κ3) is 4.57. The molecule has 0 aromatic carbocycles. The fourth-order valence-electron chi connectivity index (χ4n) is 1.95. The summed E-state index contributed by atoms with van der Waals surface area (Å²) in [7, 11) is 0. The SMILES string of the molecule is O=C(CCNCc1cncc(F)c1)N1CCOCC1. The molecule has 5 nitrogen and oxygen atoms in total. The highest BCUT2D eigenvalue weighted by molar-refractivity contribution is 5.76. The first-order valence-electron chi connectivity index (χ1n) is 6.41. The monoisotopic (exact) mass is 267 g/mol. The lowest BCUT2D eigenvalue weighted by Gasteiger charge is -2.26. The van der Waals surface area contributed by atoms with Crippen LogP contribution in [-0.2, 0) is 16.1 Å². The van der Waals surface area contributed by atoms with Crippen molar-refractivity contribution in [3.05, 3.63) is 29.8 Å². The molecule has 0 aliphatic carbocycles.